The molecule has 5 nitrogen and oxygen atoms in total. The van der Waals surface area contributed by atoms with E-state index in [9.17, 15) is 9.59 Å². The number of carbonyl (C=O) groups excluding carboxylic acids is 2. The number of hydrogen-bond donors (Lipinski definition) is 0. The molecule has 15 heavy (non-hydrogen) atoms. The van der Waals surface area contributed by atoms with Gasteiger partial charge in [-0.25, -0.2) is 0 Å². The van der Waals surface area contributed by atoms with Crippen molar-refractivity contribution >= 4 is 20.7 Å². The minimum Gasteiger partial charge on any atom is -0.465 e. The Morgan fingerprint density at radius 1 is 1.13 bits per heavy atom. The minimum absolute atomic E-state index is 0.281. The SMILES string of the molecule is CC(=O)O[Si](C)(OCC(C)C)OC(C)=O. The van der Waals surface area contributed by atoms with Crippen molar-refractivity contribution < 1.29 is 22.9 Å². The minimum atomic E-state index is -3.14. The van der Waals surface area contributed by atoms with Gasteiger partial charge in [0.25, 0.3) is 11.9 Å². The molecule has 0 aromatic rings. The van der Waals surface area contributed by atoms with Gasteiger partial charge in [-0.3, -0.25) is 9.59 Å². The van der Waals surface area contributed by atoms with Crippen molar-refractivity contribution in [2.75, 3.05) is 6.61 Å². The van der Waals surface area contributed by atoms with E-state index in [-0.39, 0.29) is 5.92 Å². The summed E-state index contributed by atoms with van der Waals surface area (Å²) in [7, 11) is -3.14. The summed E-state index contributed by atoms with van der Waals surface area (Å²) < 4.78 is 15.2. The maximum absolute atomic E-state index is 10.8. The van der Waals surface area contributed by atoms with Gasteiger partial charge in [0, 0.05) is 27.0 Å². The highest BCUT2D eigenvalue weighted by atomic mass is 28.4. The zero-order valence-corrected chi connectivity index (χ0v) is 10.8. The average molecular weight is 234 g/mol. The molecule has 0 atom stereocenters. The van der Waals surface area contributed by atoms with Crippen LogP contribution in [0.15, 0.2) is 0 Å². The predicted molar refractivity (Wildman–Crippen MR) is 55.9 cm³/mol. The lowest BCUT2D eigenvalue weighted by atomic mass is 10.2. The van der Waals surface area contributed by atoms with Gasteiger partial charge in [-0.1, -0.05) is 13.8 Å². The Labute approximate surface area is 91.1 Å². The molecule has 0 aliphatic heterocycles. The molecule has 0 rings (SSSR count). The molecule has 0 fully saturated rings. The third-order valence-corrected chi connectivity index (χ3v) is 3.34. The van der Waals surface area contributed by atoms with Crippen molar-refractivity contribution in [3.63, 3.8) is 0 Å². The average Bonchev–Trinajstić information content (AvgIpc) is 1.97. The van der Waals surface area contributed by atoms with E-state index in [0.717, 1.165) is 0 Å². The monoisotopic (exact) mass is 234 g/mol. The van der Waals surface area contributed by atoms with Crippen LogP contribution >= 0.6 is 0 Å². The summed E-state index contributed by atoms with van der Waals surface area (Å²) in [5.41, 5.74) is 0. The van der Waals surface area contributed by atoms with E-state index in [1.165, 1.54) is 20.4 Å². The standard InChI is InChI=1S/C9H18O5Si/c1-7(2)6-12-15(5,13-8(3)10)14-9(4)11/h7H,6H2,1-5H3. The summed E-state index contributed by atoms with van der Waals surface area (Å²) in [5.74, 6) is -0.730. The highest BCUT2D eigenvalue weighted by Gasteiger charge is 2.42. The predicted octanol–water partition coefficient (Wildman–Crippen LogP) is 1.35. The van der Waals surface area contributed by atoms with Gasteiger partial charge in [0.2, 0.25) is 0 Å². The van der Waals surface area contributed by atoms with Crippen LogP contribution in [-0.4, -0.2) is 27.3 Å². The first-order valence-corrected chi connectivity index (χ1v) is 7.01. The fourth-order valence-electron chi connectivity index (χ4n) is 0.920. The van der Waals surface area contributed by atoms with Crippen LogP contribution in [-0.2, 0) is 22.9 Å². The molecule has 0 unspecified atom stereocenters. The molecule has 0 aromatic heterocycles. The van der Waals surface area contributed by atoms with Crippen LogP contribution in [0.25, 0.3) is 0 Å². The largest absolute Gasteiger partial charge is 0.632 e. The number of carbonyl (C=O) groups is 2. The van der Waals surface area contributed by atoms with Crippen LogP contribution in [0.2, 0.25) is 6.55 Å². The molecule has 0 N–H and O–H groups in total. The molecular weight excluding hydrogens is 216 g/mol. The maximum Gasteiger partial charge on any atom is 0.632 e. The molecule has 88 valence electrons. The molecule has 0 amide bonds. The van der Waals surface area contributed by atoms with E-state index in [1.807, 2.05) is 13.8 Å². The normalized spacial score (nSPS) is 11.3. The second kappa shape index (κ2) is 5.87. The highest BCUT2D eigenvalue weighted by Crippen LogP contribution is 2.12. The summed E-state index contributed by atoms with van der Waals surface area (Å²) in [6.07, 6.45) is 0. The molecule has 0 radical (unpaired) electrons. The third-order valence-electron chi connectivity index (χ3n) is 1.34. The lowest BCUT2D eigenvalue weighted by Gasteiger charge is -2.24. The topological polar surface area (TPSA) is 61.8 Å². The molecule has 0 bridgehead atoms. The fourth-order valence-corrected chi connectivity index (χ4v) is 2.76. The zero-order valence-electron chi connectivity index (χ0n) is 9.83. The van der Waals surface area contributed by atoms with Gasteiger partial charge in [-0.2, -0.15) is 0 Å². The van der Waals surface area contributed by atoms with Gasteiger partial charge in [0.15, 0.2) is 0 Å². The molecule has 0 saturated carbocycles. The maximum atomic E-state index is 10.8. The Morgan fingerprint density at radius 3 is 1.80 bits per heavy atom. The van der Waals surface area contributed by atoms with Crippen molar-refractivity contribution in [1.82, 2.24) is 0 Å². The molecular formula is C9H18O5Si. The summed E-state index contributed by atoms with van der Waals surface area (Å²) in [6.45, 7) is 8.34. The molecule has 0 spiro atoms. The van der Waals surface area contributed by atoms with E-state index in [2.05, 4.69) is 0 Å². The molecule has 0 aromatic carbocycles. The van der Waals surface area contributed by atoms with Crippen LogP contribution in [0, 0.1) is 5.92 Å². The first-order chi connectivity index (χ1) is 6.75. The van der Waals surface area contributed by atoms with Crippen molar-refractivity contribution in [1.29, 1.82) is 0 Å². The van der Waals surface area contributed by atoms with Gasteiger partial charge in [-0.05, 0) is 5.92 Å². The lowest BCUT2D eigenvalue weighted by molar-refractivity contribution is -0.142. The molecule has 6 heteroatoms. The van der Waals surface area contributed by atoms with Crippen LogP contribution < -0.4 is 0 Å². The van der Waals surface area contributed by atoms with E-state index in [1.54, 1.807) is 0 Å². The molecule has 0 aliphatic rings. The first kappa shape index (κ1) is 14.1. The number of hydrogen-bond acceptors (Lipinski definition) is 5. The smallest absolute Gasteiger partial charge is 0.465 e. The second-order valence-electron chi connectivity index (χ2n) is 3.75. The van der Waals surface area contributed by atoms with E-state index in [4.69, 9.17) is 13.3 Å². The van der Waals surface area contributed by atoms with Gasteiger partial charge >= 0.3 is 8.80 Å². The van der Waals surface area contributed by atoms with Crippen molar-refractivity contribution in [3.05, 3.63) is 0 Å². The Hall–Kier alpha value is -0.883. The lowest BCUT2D eigenvalue weighted by Crippen LogP contribution is -2.45. The summed E-state index contributed by atoms with van der Waals surface area (Å²) in [4.78, 5) is 21.7. The van der Waals surface area contributed by atoms with Gasteiger partial charge in [-0.15, -0.1) is 0 Å². The summed E-state index contributed by atoms with van der Waals surface area (Å²) >= 11 is 0. The Balaban J connectivity index is 4.39. The molecule has 0 heterocycles. The van der Waals surface area contributed by atoms with Crippen molar-refractivity contribution in [2.45, 2.75) is 34.2 Å². The molecule has 0 aliphatic carbocycles. The quantitative estimate of drug-likeness (QED) is 0.672. The van der Waals surface area contributed by atoms with Gasteiger partial charge in [0.05, 0.1) is 0 Å². The van der Waals surface area contributed by atoms with Gasteiger partial charge < -0.3 is 13.3 Å². The Kier molecular flexibility index (Phi) is 5.52. The molecule has 0 saturated heterocycles. The third kappa shape index (κ3) is 7.09. The second-order valence-corrected chi connectivity index (χ2v) is 6.18. The summed E-state index contributed by atoms with van der Waals surface area (Å²) in [5, 5.41) is 0. The fraction of sp³-hybridized carbons (Fsp3) is 0.778. The van der Waals surface area contributed by atoms with E-state index >= 15 is 0 Å². The summed E-state index contributed by atoms with van der Waals surface area (Å²) in [6, 6.07) is 0. The van der Waals surface area contributed by atoms with Crippen LogP contribution in [0.1, 0.15) is 27.7 Å². The Morgan fingerprint density at radius 2 is 1.53 bits per heavy atom. The van der Waals surface area contributed by atoms with Crippen LogP contribution in [0.3, 0.4) is 0 Å². The van der Waals surface area contributed by atoms with Crippen LogP contribution in [0.5, 0.6) is 0 Å². The Bertz CT molecular complexity index is 223. The zero-order chi connectivity index (χ0) is 12.1. The number of rotatable bonds is 5. The van der Waals surface area contributed by atoms with Crippen molar-refractivity contribution in [3.8, 4) is 0 Å². The van der Waals surface area contributed by atoms with Crippen LogP contribution in [0.4, 0.5) is 0 Å². The van der Waals surface area contributed by atoms with E-state index in [0.29, 0.717) is 6.61 Å². The van der Waals surface area contributed by atoms with Crippen molar-refractivity contribution in [2.24, 2.45) is 5.92 Å². The van der Waals surface area contributed by atoms with E-state index < -0.39 is 20.7 Å². The van der Waals surface area contributed by atoms with Gasteiger partial charge in [0.1, 0.15) is 0 Å². The first-order valence-electron chi connectivity index (χ1n) is 4.78. The highest BCUT2D eigenvalue weighted by molar-refractivity contribution is 6.62.